The van der Waals surface area contributed by atoms with Gasteiger partial charge < -0.3 is 20.5 Å². The third-order valence-electron chi connectivity index (χ3n) is 4.02. The molecule has 0 saturated heterocycles. The zero-order chi connectivity index (χ0) is 15.8. The standard InChI is InChI=1S/C17H26N2O3.ClH/c1-21-12-16(18)17(20)19-14-7-9-15(10-8-14)22-11-13-5-3-2-4-6-13;/h7-10,13,16H,2-6,11-12,18H2,1H3,(H,19,20);1H. The Morgan fingerprint density at radius 1 is 1.26 bits per heavy atom. The first kappa shape index (κ1) is 19.7. The maximum Gasteiger partial charge on any atom is 0.243 e. The molecule has 3 N–H and O–H groups in total. The van der Waals surface area contributed by atoms with E-state index >= 15 is 0 Å². The van der Waals surface area contributed by atoms with E-state index in [4.69, 9.17) is 15.2 Å². The highest BCUT2D eigenvalue weighted by molar-refractivity contribution is 5.94. The topological polar surface area (TPSA) is 73.6 Å². The van der Waals surface area contributed by atoms with E-state index in [1.165, 1.54) is 39.2 Å². The number of methoxy groups -OCH3 is 1. The molecule has 0 radical (unpaired) electrons. The molecule has 0 heterocycles. The first-order valence-corrected chi connectivity index (χ1v) is 7.97. The Kier molecular flexibility index (Phi) is 8.99. The van der Waals surface area contributed by atoms with Crippen molar-refractivity contribution in [2.24, 2.45) is 11.7 Å². The fourth-order valence-electron chi connectivity index (χ4n) is 2.69. The lowest BCUT2D eigenvalue weighted by molar-refractivity contribution is -0.118. The molecule has 0 spiro atoms. The van der Waals surface area contributed by atoms with Gasteiger partial charge in [0.1, 0.15) is 11.8 Å². The van der Waals surface area contributed by atoms with Gasteiger partial charge in [-0.2, -0.15) is 0 Å². The Hall–Kier alpha value is -1.30. The van der Waals surface area contributed by atoms with Gasteiger partial charge in [0, 0.05) is 12.8 Å². The van der Waals surface area contributed by atoms with Crippen LogP contribution in [0.1, 0.15) is 32.1 Å². The van der Waals surface area contributed by atoms with Gasteiger partial charge in [-0.25, -0.2) is 0 Å². The molecule has 1 aliphatic carbocycles. The molecule has 1 amide bonds. The van der Waals surface area contributed by atoms with E-state index in [2.05, 4.69) is 5.32 Å². The van der Waals surface area contributed by atoms with Crippen LogP contribution in [0.5, 0.6) is 5.75 Å². The molecule has 6 heteroatoms. The average molecular weight is 343 g/mol. The van der Waals surface area contributed by atoms with Crippen molar-refractivity contribution in [3.63, 3.8) is 0 Å². The molecule has 1 fully saturated rings. The third kappa shape index (κ3) is 6.77. The molecule has 2 rings (SSSR count). The second-order valence-corrected chi connectivity index (χ2v) is 5.89. The van der Waals surface area contributed by atoms with Crippen molar-refractivity contribution >= 4 is 24.0 Å². The minimum absolute atomic E-state index is 0. The van der Waals surface area contributed by atoms with Crippen molar-refractivity contribution in [1.82, 2.24) is 0 Å². The number of ether oxygens (including phenoxy) is 2. The fourth-order valence-corrected chi connectivity index (χ4v) is 2.69. The molecule has 0 bridgehead atoms. The number of carbonyl (C=O) groups is 1. The van der Waals surface area contributed by atoms with Crippen LogP contribution in [0.2, 0.25) is 0 Å². The molecule has 1 aliphatic rings. The number of rotatable bonds is 7. The van der Waals surface area contributed by atoms with Crippen LogP contribution in [-0.4, -0.2) is 32.3 Å². The van der Waals surface area contributed by atoms with Crippen LogP contribution in [0, 0.1) is 5.92 Å². The molecule has 1 unspecified atom stereocenters. The minimum atomic E-state index is -0.660. The van der Waals surface area contributed by atoms with Crippen LogP contribution in [0.25, 0.3) is 0 Å². The van der Waals surface area contributed by atoms with Gasteiger partial charge in [0.15, 0.2) is 0 Å². The van der Waals surface area contributed by atoms with Crippen molar-refractivity contribution in [2.75, 3.05) is 25.6 Å². The molecular formula is C17H27ClN2O3. The first-order chi connectivity index (χ1) is 10.7. The number of benzene rings is 1. The Bertz CT molecular complexity index is 461. The van der Waals surface area contributed by atoms with Gasteiger partial charge in [-0.1, -0.05) is 19.3 Å². The van der Waals surface area contributed by atoms with E-state index < -0.39 is 6.04 Å². The minimum Gasteiger partial charge on any atom is -0.493 e. The summed E-state index contributed by atoms with van der Waals surface area (Å²) < 4.78 is 10.7. The molecule has 1 aromatic rings. The smallest absolute Gasteiger partial charge is 0.243 e. The highest BCUT2D eigenvalue weighted by Crippen LogP contribution is 2.25. The average Bonchev–Trinajstić information content (AvgIpc) is 2.55. The molecular weight excluding hydrogens is 316 g/mol. The molecule has 1 atom stereocenters. The molecule has 1 aromatic carbocycles. The summed E-state index contributed by atoms with van der Waals surface area (Å²) in [5.41, 5.74) is 6.38. The summed E-state index contributed by atoms with van der Waals surface area (Å²) in [6.07, 6.45) is 6.54. The monoisotopic (exact) mass is 342 g/mol. The van der Waals surface area contributed by atoms with Gasteiger partial charge in [-0.3, -0.25) is 4.79 Å². The van der Waals surface area contributed by atoms with E-state index in [0.717, 1.165) is 12.4 Å². The van der Waals surface area contributed by atoms with Crippen LogP contribution < -0.4 is 15.8 Å². The zero-order valence-electron chi connectivity index (χ0n) is 13.6. The van der Waals surface area contributed by atoms with E-state index in [9.17, 15) is 4.79 Å². The number of carbonyl (C=O) groups excluding carboxylic acids is 1. The van der Waals surface area contributed by atoms with Gasteiger partial charge in [-0.05, 0) is 43.0 Å². The Morgan fingerprint density at radius 3 is 2.52 bits per heavy atom. The predicted octanol–water partition coefficient (Wildman–Crippen LogP) is 2.98. The lowest BCUT2D eigenvalue weighted by Gasteiger charge is -2.21. The van der Waals surface area contributed by atoms with E-state index in [1.54, 1.807) is 0 Å². The maximum atomic E-state index is 11.8. The van der Waals surface area contributed by atoms with Gasteiger partial charge in [0.25, 0.3) is 0 Å². The highest BCUT2D eigenvalue weighted by Gasteiger charge is 2.15. The number of amides is 1. The van der Waals surface area contributed by atoms with Crippen molar-refractivity contribution in [3.05, 3.63) is 24.3 Å². The second-order valence-electron chi connectivity index (χ2n) is 5.89. The predicted molar refractivity (Wildman–Crippen MR) is 94.2 cm³/mol. The Morgan fingerprint density at radius 2 is 1.91 bits per heavy atom. The first-order valence-electron chi connectivity index (χ1n) is 7.97. The van der Waals surface area contributed by atoms with Crippen molar-refractivity contribution < 1.29 is 14.3 Å². The van der Waals surface area contributed by atoms with Crippen molar-refractivity contribution in [3.8, 4) is 5.75 Å². The Balaban J connectivity index is 0.00000264. The SMILES string of the molecule is COCC(N)C(=O)Nc1ccc(OCC2CCCCC2)cc1.Cl. The molecule has 0 aliphatic heterocycles. The molecule has 130 valence electrons. The number of nitrogens with two attached hydrogens (primary N) is 1. The number of halogens is 1. The number of hydrogen-bond acceptors (Lipinski definition) is 4. The Labute approximate surface area is 144 Å². The quantitative estimate of drug-likeness (QED) is 0.799. The molecule has 1 saturated carbocycles. The summed E-state index contributed by atoms with van der Waals surface area (Å²) >= 11 is 0. The van der Waals surface area contributed by atoms with Crippen LogP contribution in [-0.2, 0) is 9.53 Å². The summed E-state index contributed by atoms with van der Waals surface area (Å²) in [6, 6.07) is 6.74. The van der Waals surface area contributed by atoms with E-state index in [1.807, 2.05) is 24.3 Å². The number of anilines is 1. The summed E-state index contributed by atoms with van der Waals surface area (Å²) in [5.74, 6) is 1.27. The van der Waals surface area contributed by atoms with Crippen LogP contribution in [0.3, 0.4) is 0 Å². The summed E-state index contributed by atoms with van der Waals surface area (Å²) in [5, 5.41) is 2.76. The number of nitrogens with one attached hydrogen (secondary N) is 1. The van der Waals surface area contributed by atoms with E-state index in [0.29, 0.717) is 11.6 Å². The number of hydrogen-bond donors (Lipinski definition) is 2. The molecule has 0 aromatic heterocycles. The molecule has 23 heavy (non-hydrogen) atoms. The normalized spacial score (nSPS) is 16.3. The van der Waals surface area contributed by atoms with Gasteiger partial charge in [-0.15, -0.1) is 12.4 Å². The van der Waals surface area contributed by atoms with Crippen LogP contribution in [0.4, 0.5) is 5.69 Å². The zero-order valence-corrected chi connectivity index (χ0v) is 14.4. The third-order valence-corrected chi connectivity index (χ3v) is 4.02. The van der Waals surface area contributed by atoms with Gasteiger partial charge in [0.2, 0.25) is 5.91 Å². The van der Waals surface area contributed by atoms with Crippen LogP contribution in [0.15, 0.2) is 24.3 Å². The highest BCUT2D eigenvalue weighted by atomic mass is 35.5. The lowest BCUT2D eigenvalue weighted by Crippen LogP contribution is -2.39. The van der Waals surface area contributed by atoms with Crippen molar-refractivity contribution in [1.29, 1.82) is 0 Å². The largest absolute Gasteiger partial charge is 0.493 e. The summed E-state index contributed by atoms with van der Waals surface area (Å²) in [6.45, 7) is 0.985. The van der Waals surface area contributed by atoms with Crippen LogP contribution >= 0.6 is 12.4 Å². The maximum absolute atomic E-state index is 11.8. The summed E-state index contributed by atoms with van der Waals surface area (Å²) in [7, 11) is 1.52. The van der Waals surface area contributed by atoms with Gasteiger partial charge >= 0.3 is 0 Å². The summed E-state index contributed by atoms with van der Waals surface area (Å²) in [4.78, 5) is 11.8. The fraction of sp³-hybridized carbons (Fsp3) is 0.588. The van der Waals surface area contributed by atoms with Gasteiger partial charge in [0.05, 0.1) is 13.2 Å². The lowest BCUT2D eigenvalue weighted by atomic mass is 9.90. The second kappa shape index (κ2) is 10.5. The van der Waals surface area contributed by atoms with Crippen molar-refractivity contribution in [2.45, 2.75) is 38.1 Å². The molecule has 5 nitrogen and oxygen atoms in total. The van der Waals surface area contributed by atoms with E-state index in [-0.39, 0.29) is 24.9 Å².